The third-order valence-electron chi connectivity index (χ3n) is 4.74. The van der Waals surface area contributed by atoms with Gasteiger partial charge in [0.15, 0.2) is 0 Å². The molecular weight excluding hydrogens is 280 g/mol. The number of rotatable bonds is 3. The van der Waals surface area contributed by atoms with Crippen LogP contribution in [0.2, 0.25) is 0 Å². The molecule has 2 fully saturated rings. The molecule has 2 aliphatic rings. The van der Waals surface area contributed by atoms with Crippen LogP contribution >= 0.6 is 0 Å². The van der Waals surface area contributed by atoms with Crippen LogP contribution < -0.4 is 0 Å². The van der Waals surface area contributed by atoms with Crippen LogP contribution in [0.15, 0.2) is 12.2 Å². The molecule has 4 heteroatoms. The van der Waals surface area contributed by atoms with Crippen molar-refractivity contribution in [2.45, 2.75) is 59.0 Å². The average Bonchev–Trinajstić information content (AvgIpc) is 2.86. The summed E-state index contributed by atoms with van der Waals surface area (Å²) in [5.74, 6) is -0.844. The molecule has 0 aromatic rings. The number of carbonyl (C=O) groups is 2. The fourth-order valence-corrected chi connectivity index (χ4v) is 3.97. The summed E-state index contributed by atoms with van der Waals surface area (Å²) < 4.78 is 10.8. The van der Waals surface area contributed by atoms with Gasteiger partial charge in [0.2, 0.25) is 0 Å². The highest BCUT2D eigenvalue weighted by molar-refractivity contribution is 5.83. The minimum Gasteiger partial charge on any atom is -0.466 e. The van der Waals surface area contributed by atoms with Crippen molar-refractivity contribution in [1.29, 1.82) is 0 Å². The zero-order valence-electron chi connectivity index (χ0n) is 14.2. The fourth-order valence-electron chi connectivity index (χ4n) is 3.97. The van der Waals surface area contributed by atoms with Gasteiger partial charge in [-0.25, -0.2) is 0 Å². The molecule has 2 saturated carbocycles. The Morgan fingerprint density at radius 3 is 2.50 bits per heavy atom. The van der Waals surface area contributed by atoms with Crippen molar-refractivity contribution < 1.29 is 19.1 Å². The van der Waals surface area contributed by atoms with E-state index in [0.717, 1.165) is 24.8 Å². The van der Waals surface area contributed by atoms with Crippen molar-refractivity contribution in [3.8, 4) is 0 Å². The van der Waals surface area contributed by atoms with Gasteiger partial charge in [0.1, 0.15) is 5.60 Å². The first-order valence-corrected chi connectivity index (χ1v) is 8.31. The van der Waals surface area contributed by atoms with E-state index in [1.807, 2.05) is 20.8 Å². The SMILES string of the molecule is C=C1CC(C(=O)OC(C)(C)C)C(C(=O)OCC)C2CCCC12. The highest BCUT2D eigenvalue weighted by Crippen LogP contribution is 2.50. The molecule has 4 unspecified atom stereocenters. The van der Waals surface area contributed by atoms with Crippen LogP contribution in [0.1, 0.15) is 53.4 Å². The smallest absolute Gasteiger partial charge is 0.310 e. The van der Waals surface area contributed by atoms with Gasteiger partial charge in [-0.05, 0) is 58.8 Å². The summed E-state index contributed by atoms with van der Waals surface area (Å²) in [4.78, 5) is 25.1. The van der Waals surface area contributed by atoms with E-state index in [-0.39, 0.29) is 23.8 Å². The molecule has 0 aromatic heterocycles. The van der Waals surface area contributed by atoms with Gasteiger partial charge in [-0.2, -0.15) is 0 Å². The number of carbonyl (C=O) groups excluding carboxylic acids is 2. The first kappa shape index (κ1) is 17.0. The molecule has 22 heavy (non-hydrogen) atoms. The van der Waals surface area contributed by atoms with E-state index in [4.69, 9.17) is 9.47 Å². The summed E-state index contributed by atoms with van der Waals surface area (Å²) in [6.07, 6.45) is 3.66. The van der Waals surface area contributed by atoms with E-state index in [0.29, 0.717) is 18.9 Å². The Kier molecular flexibility index (Phi) is 4.98. The summed E-state index contributed by atoms with van der Waals surface area (Å²) >= 11 is 0. The normalized spacial score (nSPS) is 31.5. The Morgan fingerprint density at radius 1 is 1.23 bits per heavy atom. The molecule has 2 rings (SSSR count). The van der Waals surface area contributed by atoms with Gasteiger partial charge in [0.25, 0.3) is 0 Å². The largest absolute Gasteiger partial charge is 0.466 e. The van der Waals surface area contributed by atoms with Crippen LogP contribution in [-0.2, 0) is 19.1 Å². The third-order valence-corrected chi connectivity index (χ3v) is 4.74. The Bertz CT molecular complexity index is 460. The standard InChI is InChI=1S/C18H28O4/c1-6-21-17(20)15-13-9-7-8-12(13)11(2)10-14(15)16(19)22-18(3,4)5/h12-15H,2,6-10H2,1,3-5H3. The van der Waals surface area contributed by atoms with Crippen molar-refractivity contribution >= 4 is 11.9 Å². The molecule has 4 atom stereocenters. The highest BCUT2D eigenvalue weighted by Gasteiger charge is 2.51. The average molecular weight is 308 g/mol. The second-order valence-electron chi connectivity index (χ2n) is 7.48. The molecule has 124 valence electrons. The van der Waals surface area contributed by atoms with Crippen LogP contribution in [-0.4, -0.2) is 24.1 Å². The summed E-state index contributed by atoms with van der Waals surface area (Å²) in [6, 6.07) is 0. The second kappa shape index (κ2) is 6.43. The first-order valence-electron chi connectivity index (χ1n) is 8.31. The number of fused-ring (bicyclic) bond motifs is 1. The maximum Gasteiger partial charge on any atom is 0.310 e. The van der Waals surface area contributed by atoms with Crippen molar-refractivity contribution in [2.24, 2.45) is 23.7 Å². The lowest BCUT2D eigenvalue weighted by atomic mass is 9.66. The number of allylic oxidation sites excluding steroid dienone is 1. The topological polar surface area (TPSA) is 52.6 Å². The predicted molar refractivity (Wildman–Crippen MR) is 84.0 cm³/mol. The molecule has 0 saturated heterocycles. The molecular formula is C18H28O4. The summed E-state index contributed by atoms with van der Waals surface area (Å²) in [6.45, 7) is 11.9. The Morgan fingerprint density at radius 2 is 1.91 bits per heavy atom. The molecule has 0 bridgehead atoms. The van der Waals surface area contributed by atoms with E-state index >= 15 is 0 Å². The van der Waals surface area contributed by atoms with E-state index in [1.165, 1.54) is 0 Å². The Labute approximate surface area is 133 Å². The molecule has 2 aliphatic carbocycles. The first-order chi connectivity index (χ1) is 10.2. The van der Waals surface area contributed by atoms with E-state index in [1.54, 1.807) is 6.92 Å². The zero-order chi connectivity index (χ0) is 16.5. The molecule has 4 nitrogen and oxygen atoms in total. The second-order valence-corrected chi connectivity index (χ2v) is 7.48. The van der Waals surface area contributed by atoms with Gasteiger partial charge in [0, 0.05) is 0 Å². The lowest BCUT2D eigenvalue weighted by Gasteiger charge is -2.39. The maximum absolute atomic E-state index is 12.6. The van der Waals surface area contributed by atoms with E-state index in [9.17, 15) is 9.59 Å². The van der Waals surface area contributed by atoms with E-state index in [2.05, 4.69) is 6.58 Å². The van der Waals surface area contributed by atoms with Gasteiger partial charge in [0.05, 0.1) is 18.4 Å². The molecule has 0 radical (unpaired) electrons. The lowest BCUT2D eigenvalue weighted by molar-refractivity contribution is -0.172. The summed E-state index contributed by atoms with van der Waals surface area (Å²) in [7, 11) is 0. The fraction of sp³-hybridized carbons (Fsp3) is 0.778. The van der Waals surface area contributed by atoms with Crippen molar-refractivity contribution in [3.05, 3.63) is 12.2 Å². The molecule has 0 spiro atoms. The van der Waals surface area contributed by atoms with Crippen LogP contribution in [0.4, 0.5) is 0 Å². The van der Waals surface area contributed by atoms with Gasteiger partial charge < -0.3 is 9.47 Å². The number of hydrogen-bond donors (Lipinski definition) is 0. The quantitative estimate of drug-likeness (QED) is 0.591. The van der Waals surface area contributed by atoms with Crippen LogP contribution in [0.5, 0.6) is 0 Å². The van der Waals surface area contributed by atoms with Crippen molar-refractivity contribution in [2.75, 3.05) is 6.61 Å². The molecule has 0 aliphatic heterocycles. The Balaban J connectivity index is 2.25. The predicted octanol–water partition coefficient (Wildman–Crippen LogP) is 3.50. The molecule has 0 N–H and O–H groups in total. The maximum atomic E-state index is 12.6. The van der Waals surface area contributed by atoms with Gasteiger partial charge in [-0.15, -0.1) is 0 Å². The lowest BCUT2D eigenvalue weighted by Crippen LogP contribution is -2.44. The summed E-state index contributed by atoms with van der Waals surface area (Å²) in [5.41, 5.74) is 0.545. The summed E-state index contributed by atoms with van der Waals surface area (Å²) in [5, 5.41) is 0. The minimum absolute atomic E-state index is 0.179. The van der Waals surface area contributed by atoms with Crippen molar-refractivity contribution in [1.82, 2.24) is 0 Å². The van der Waals surface area contributed by atoms with Gasteiger partial charge >= 0.3 is 11.9 Å². The zero-order valence-corrected chi connectivity index (χ0v) is 14.2. The minimum atomic E-state index is -0.551. The monoisotopic (exact) mass is 308 g/mol. The molecule has 0 heterocycles. The van der Waals surface area contributed by atoms with Gasteiger partial charge in [-0.3, -0.25) is 9.59 Å². The molecule has 0 aromatic carbocycles. The van der Waals surface area contributed by atoms with Crippen molar-refractivity contribution in [3.63, 3.8) is 0 Å². The van der Waals surface area contributed by atoms with E-state index < -0.39 is 11.5 Å². The number of ether oxygens (including phenoxy) is 2. The molecule has 0 amide bonds. The van der Waals surface area contributed by atoms with Crippen LogP contribution in [0.3, 0.4) is 0 Å². The highest BCUT2D eigenvalue weighted by atomic mass is 16.6. The third kappa shape index (κ3) is 3.53. The van der Waals surface area contributed by atoms with Crippen LogP contribution in [0, 0.1) is 23.7 Å². The van der Waals surface area contributed by atoms with Gasteiger partial charge in [-0.1, -0.05) is 18.6 Å². The Hall–Kier alpha value is -1.32. The number of hydrogen-bond acceptors (Lipinski definition) is 4. The number of esters is 2. The van der Waals surface area contributed by atoms with Crippen LogP contribution in [0.25, 0.3) is 0 Å².